The summed E-state index contributed by atoms with van der Waals surface area (Å²) in [5.41, 5.74) is 4.37. The van der Waals surface area contributed by atoms with Crippen LogP contribution in [0.3, 0.4) is 0 Å². The van der Waals surface area contributed by atoms with Crippen LogP contribution in [0.4, 0.5) is 0 Å². The quantitative estimate of drug-likeness (QED) is 0.0201. The molecule has 0 atom stereocenters. The van der Waals surface area contributed by atoms with Crippen LogP contribution in [-0.2, 0) is 193 Å². The van der Waals surface area contributed by atoms with E-state index in [9.17, 15) is 28.8 Å². The Bertz CT molecular complexity index is 1440. The second-order valence-corrected chi connectivity index (χ2v) is 19.5. The van der Waals surface area contributed by atoms with Gasteiger partial charge in [0.05, 0.1) is 200 Å². The SMILES string of the molecule is CC(C)(C)OC(=O)CCOCCOCCOCCOCCN.CC[CH-]C(=O)NCCOCCOCCOCCOCCC(=O)O.CC[CH-]C(=O)NCCOCCOCCOCCOCCC(=O)OC(C)(C)C.CC[CH-]C(=O)O.ClCCl.ClCCl.[Y].[Y].[Y]. The van der Waals surface area contributed by atoms with Gasteiger partial charge in [0.1, 0.15) is 11.2 Å². The Morgan fingerprint density at radius 1 is 0.379 bits per heavy atom. The fourth-order valence-corrected chi connectivity index (χ4v) is 4.81. The zero-order valence-electron chi connectivity index (χ0n) is 53.4. The molecule has 32 heteroatoms. The van der Waals surface area contributed by atoms with E-state index in [0.29, 0.717) is 178 Å². The maximum absolute atomic E-state index is 11.5. The summed E-state index contributed by atoms with van der Waals surface area (Å²) >= 11 is 19.1. The Morgan fingerprint density at radius 2 is 0.598 bits per heavy atom. The number of ether oxygens (including phenoxy) is 14. The van der Waals surface area contributed by atoms with Gasteiger partial charge in [-0.1, -0.05) is 20.8 Å². The third-order valence-corrected chi connectivity index (χ3v) is 8.06. The second kappa shape index (κ2) is 88.4. The number of rotatable bonds is 50. The average Bonchev–Trinajstić information content (AvgIpc) is 3.40. The van der Waals surface area contributed by atoms with Crippen molar-refractivity contribution < 1.29 is 203 Å². The van der Waals surface area contributed by atoms with Crippen LogP contribution in [0.2, 0.25) is 0 Å². The predicted octanol–water partition coefficient (Wildman–Crippen LogP) is 6.04. The van der Waals surface area contributed by atoms with E-state index in [1.165, 1.54) is 6.42 Å². The number of halogens is 4. The minimum Gasteiger partial charge on any atom is -0.503 e. The van der Waals surface area contributed by atoms with E-state index >= 15 is 0 Å². The van der Waals surface area contributed by atoms with Crippen molar-refractivity contribution in [1.82, 2.24) is 10.6 Å². The van der Waals surface area contributed by atoms with E-state index in [-0.39, 0.29) is 158 Å². The number of aliphatic carboxylic acids is 2. The first-order valence-electron chi connectivity index (χ1n) is 27.9. The molecule has 0 aliphatic carbocycles. The molecule has 0 aliphatic heterocycles. The summed E-state index contributed by atoms with van der Waals surface area (Å²) in [6.07, 6.45) is 6.93. The van der Waals surface area contributed by atoms with Crippen molar-refractivity contribution in [3.8, 4) is 0 Å². The van der Waals surface area contributed by atoms with Crippen molar-refractivity contribution in [2.45, 2.75) is 112 Å². The van der Waals surface area contributed by atoms with Gasteiger partial charge in [0.2, 0.25) is 0 Å². The molecule has 6 N–H and O–H groups in total. The summed E-state index contributed by atoms with van der Waals surface area (Å²) in [5, 5.41) is 22.1. The molecule has 0 rings (SSSR count). The maximum Gasteiger partial charge on any atom is 0.308 e. The summed E-state index contributed by atoms with van der Waals surface area (Å²) in [6, 6.07) is 0. The number of esters is 2. The van der Waals surface area contributed by atoms with Gasteiger partial charge in [0, 0.05) is 118 Å². The summed E-state index contributed by atoms with van der Waals surface area (Å²) in [5.74, 6) is -2.36. The van der Waals surface area contributed by atoms with Crippen LogP contribution in [-0.4, -0.2) is 246 Å². The van der Waals surface area contributed by atoms with Gasteiger partial charge in [-0.15, -0.1) is 46.4 Å². The first kappa shape index (κ1) is 106. The smallest absolute Gasteiger partial charge is 0.308 e. The number of carboxylic acids is 2. The van der Waals surface area contributed by atoms with E-state index in [4.69, 9.17) is 129 Å². The van der Waals surface area contributed by atoms with E-state index in [1.54, 1.807) is 19.8 Å². The molecule has 25 nitrogen and oxygen atoms in total. The zero-order valence-corrected chi connectivity index (χ0v) is 64.9. The van der Waals surface area contributed by atoms with Crippen molar-refractivity contribution in [3.05, 3.63) is 19.3 Å². The first-order chi connectivity index (χ1) is 40.1. The largest absolute Gasteiger partial charge is 0.503 e. The molecule has 0 spiro atoms. The van der Waals surface area contributed by atoms with E-state index in [2.05, 4.69) is 10.6 Å². The molecule has 87 heavy (non-hydrogen) atoms. The van der Waals surface area contributed by atoms with Gasteiger partial charge in [0.15, 0.2) is 5.97 Å². The monoisotopic (exact) mass is 1570 g/mol. The van der Waals surface area contributed by atoms with E-state index in [0.717, 1.165) is 12.8 Å². The van der Waals surface area contributed by atoms with Crippen LogP contribution >= 0.6 is 46.4 Å². The first-order valence-corrected chi connectivity index (χ1v) is 30.0. The zero-order chi connectivity index (χ0) is 64.6. The molecule has 0 saturated carbocycles. The van der Waals surface area contributed by atoms with Crippen molar-refractivity contribution >= 4 is 82.1 Å². The molecule has 0 heterocycles. The molecule has 0 aromatic heterocycles. The van der Waals surface area contributed by atoms with Crippen LogP contribution < -0.4 is 16.4 Å². The summed E-state index contributed by atoms with van der Waals surface area (Å²) in [6.45, 7) is 28.9. The molecule has 0 aliphatic rings. The second-order valence-electron chi connectivity index (χ2n) is 17.9. The Kier molecular flexibility index (Phi) is 108. The summed E-state index contributed by atoms with van der Waals surface area (Å²) < 4.78 is 73.7. The number of carboxylic acid groups (broad SMARTS) is 2. The third-order valence-electron chi connectivity index (χ3n) is 8.06. The molecule has 0 fully saturated rings. The molecule has 0 saturated heterocycles. The molecule has 3 radical (unpaired) electrons. The predicted molar refractivity (Wildman–Crippen MR) is 323 cm³/mol. The molecule has 0 bridgehead atoms. The number of nitrogens with two attached hydrogens (primary N) is 1. The molecular formula is C55H106Cl4N3O22Y3-3. The Balaban J connectivity index is -0.000000135. The molecule has 513 valence electrons. The number of carbonyl (C=O) groups is 6. The minimum absolute atomic E-state index is 0. The van der Waals surface area contributed by atoms with Gasteiger partial charge in [-0.3, -0.25) is 25.6 Å². The molecule has 0 aromatic carbocycles. The van der Waals surface area contributed by atoms with Gasteiger partial charge >= 0.3 is 17.9 Å². The van der Waals surface area contributed by atoms with Crippen molar-refractivity contribution in [1.29, 1.82) is 0 Å². The van der Waals surface area contributed by atoms with Crippen molar-refractivity contribution in [2.75, 3.05) is 189 Å². The number of hydrogen-bond acceptors (Lipinski definition) is 21. The van der Waals surface area contributed by atoms with E-state index in [1.807, 2.05) is 55.4 Å². The maximum atomic E-state index is 11.5. The van der Waals surface area contributed by atoms with E-state index < -0.39 is 23.1 Å². The van der Waals surface area contributed by atoms with Crippen molar-refractivity contribution in [2.24, 2.45) is 5.73 Å². The summed E-state index contributed by atoms with van der Waals surface area (Å²) in [7, 11) is 0. The Morgan fingerprint density at radius 3 is 0.793 bits per heavy atom. The molecular weight excluding hydrogens is 1460 g/mol. The molecule has 2 amide bonds. The average molecular weight is 1570 g/mol. The van der Waals surface area contributed by atoms with Crippen LogP contribution in [0.25, 0.3) is 0 Å². The molecule has 0 aromatic rings. The van der Waals surface area contributed by atoms with Crippen LogP contribution in [0.1, 0.15) is 101 Å². The fraction of sp³-hybridized carbons (Fsp3) is 0.836. The number of carbonyl (C=O) groups excluding carboxylic acids is 4. The van der Waals surface area contributed by atoms with Gasteiger partial charge in [-0.2, -0.15) is 19.3 Å². The number of alkyl halides is 4. The van der Waals surface area contributed by atoms with Gasteiger partial charge in [0.25, 0.3) is 0 Å². The minimum atomic E-state index is -0.872. The van der Waals surface area contributed by atoms with Crippen molar-refractivity contribution in [3.63, 3.8) is 0 Å². The standard InChI is InChI=1S/C19H36NO7.C15H28NO7.C15H31NO6.C4H7O2.2CH2Cl2.3Y/c1-5-6-17(21)20-8-10-24-12-14-26-16-15-25-13-11-23-9-7-18(22)27-19(2,3)4;1-2-3-14(17)16-5-7-21-9-11-23-13-12-22-10-8-20-6-4-15(18)19;1-15(2,3)22-14(17)4-6-18-8-10-20-12-13-21-11-9-19-7-5-16;1-2-3-4(5)6;2*2-1-3;;;/h6H,5,7-16H2,1-4H3,(H,20,21);3H,2,4-13H2,1H3,(H,16,17)(H,18,19);4-13,16H2,1-3H3;3H,2H2,1H3,(H,5,6);2*1H2;;;/q2*-1;;-1;;;;;. The Labute approximate surface area is 615 Å². The van der Waals surface area contributed by atoms with Crippen LogP contribution in [0.15, 0.2) is 0 Å². The van der Waals surface area contributed by atoms with Gasteiger partial charge in [-0.05, 0) is 41.5 Å². The van der Waals surface area contributed by atoms with Crippen LogP contribution in [0.5, 0.6) is 0 Å². The number of hydrogen-bond donors (Lipinski definition) is 5. The topological polar surface area (TPSA) is 322 Å². The normalized spacial score (nSPS) is 10.1. The van der Waals surface area contributed by atoms with Gasteiger partial charge < -0.3 is 115 Å². The van der Waals surface area contributed by atoms with Gasteiger partial charge in [-0.25, -0.2) is 0 Å². The molecule has 0 unspecified atom stereocenters. The number of nitrogens with one attached hydrogen (secondary N) is 2. The third kappa shape index (κ3) is 124. The number of amides is 2. The van der Waals surface area contributed by atoms with Crippen LogP contribution in [0, 0.1) is 19.3 Å². The summed E-state index contributed by atoms with van der Waals surface area (Å²) in [4.78, 5) is 64.9. The fourth-order valence-electron chi connectivity index (χ4n) is 4.81. The Hall–Kier alpha value is 0.382.